The Bertz CT molecular complexity index is 759. The number of ether oxygens (including phenoxy) is 1. The van der Waals surface area contributed by atoms with Crippen LogP contribution in [0.15, 0.2) is 84.9 Å². The maximum atomic E-state index is 13.0. The van der Waals surface area contributed by atoms with Gasteiger partial charge in [0.2, 0.25) is 0 Å². The van der Waals surface area contributed by atoms with Crippen LogP contribution < -0.4 is 9.64 Å². The van der Waals surface area contributed by atoms with E-state index in [1.807, 2.05) is 12.1 Å². The Kier molecular flexibility index (Phi) is 4.38. The van der Waals surface area contributed by atoms with Gasteiger partial charge in [-0.1, -0.05) is 36.4 Å². The molecule has 126 valence electrons. The number of halogens is 1. The summed E-state index contributed by atoms with van der Waals surface area (Å²) in [5, 5.41) is 0. The Morgan fingerprint density at radius 3 is 1.76 bits per heavy atom. The molecule has 0 spiro atoms. The van der Waals surface area contributed by atoms with Crippen molar-refractivity contribution in [3.8, 4) is 5.75 Å². The molecule has 0 radical (unpaired) electrons. The fourth-order valence-corrected chi connectivity index (χ4v) is 3.30. The number of nitrogens with zero attached hydrogens (tertiary/aromatic N) is 1. The smallest absolute Gasteiger partial charge is 0.123 e. The predicted octanol–water partition coefficient (Wildman–Crippen LogP) is 5.57. The molecule has 1 aliphatic rings. The zero-order valence-electron chi connectivity index (χ0n) is 13.9. The molecule has 0 unspecified atom stereocenters. The Labute approximate surface area is 147 Å². The van der Waals surface area contributed by atoms with E-state index >= 15 is 0 Å². The summed E-state index contributed by atoms with van der Waals surface area (Å²) < 4.78 is 19.0. The van der Waals surface area contributed by atoms with E-state index in [1.165, 1.54) is 23.5 Å². The van der Waals surface area contributed by atoms with Crippen molar-refractivity contribution in [2.45, 2.75) is 25.0 Å². The maximum absolute atomic E-state index is 13.0. The van der Waals surface area contributed by atoms with Gasteiger partial charge in [-0.25, -0.2) is 4.39 Å². The highest BCUT2D eigenvalue weighted by Crippen LogP contribution is 2.37. The Balaban J connectivity index is 1.48. The topological polar surface area (TPSA) is 12.5 Å². The van der Waals surface area contributed by atoms with Gasteiger partial charge in [-0.15, -0.1) is 0 Å². The molecule has 1 saturated carbocycles. The summed E-state index contributed by atoms with van der Waals surface area (Å²) in [6.07, 6.45) is 2.06. The van der Waals surface area contributed by atoms with Crippen molar-refractivity contribution in [1.82, 2.24) is 0 Å². The van der Waals surface area contributed by atoms with E-state index < -0.39 is 0 Å². The van der Waals surface area contributed by atoms with Gasteiger partial charge < -0.3 is 9.64 Å². The van der Waals surface area contributed by atoms with Gasteiger partial charge in [-0.05, 0) is 48.5 Å². The Hall–Kier alpha value is -2.81. The average molecular weight is 333 g/mol. The molecule has 0 amide bonds. The van der Waals surface area contributed by atoms with E-state index in [2.05, 4.69) is 53.4 Å². The van der Waals surface area contributed by atoms with Crippen molar-refractivity contribution in [2.75, 3.05) is 4.90 Å². The Morgan fingerprint density at radius 2 is 1.24 bits per heavy atom. The van der Waals surface area contributed by atoms with Crippen LogP contribution >= 0.6 is 0 Å². The monoisotopic (exact) mass is 333 g/mol. The standard InChI is InChI=1S/C22H20FNO/c23-17-11-13-21(14-12-17)25-22-15-20(16-22)24(18-7-3-1-4-8-18)19-9-5-2-6-10-19/h1-14,20,22H,15-16H2. The maximum Gasteiger partial charge on any atom is 0.123 e. The number of rotatable bonds is 5. The van der Waals surface area contributed by atoms with Gasteiger partial charge in [0.15, 0.2) is 0 Å². The first-order valence-corrected chi connectivity index (χ1v) is 8.61. The lowest BCUT2D eigenvalue weighted by molar-refractivity contribution is 0.101. The summed E-state index contributed by atoms with van der Waals surface area (Å²) in [5.41, 5.74) is 2.39. The van der Waals surface area contributed by atoms with Crippen molar-refractivity contribution in [3.63, 3.8) is 0 Å². The largest absolute Gasteiger partial charge is 0.490 e. The summed E-state index contributed by atoms with van der Waals surface area (Å²) >= 11 is 0. The third-order valence-electron chi connectivity index (χ3n) is 4.62. The molecule has 1 fully saturated rings. The molecule has 0 bridgehead atoms. The van der Waals surface area contributed by atoms with Gasteiger partial charge in [0, 0.05) is 30.3 Å². The van der Waals surface area contributed by atoms with Crippen molar-refractivity contribution < 1.29 is 9.13 Å². The van der Waals surface area contributed by atoms with Crippen LogP contribution in [0.5, 0.6) is 5.75 Å². The summed E-state index contributed by atoms with van der Waals surface area (Å²) in [5.74, 6) is 0.494. The first-order chi connectivity index (χ1) is 12.3. The van der Waals surface area contributed by atoms with Crippen molar-refractivity contribution in [2.24, 2.45) is 0 Å². The molecular weight excluding hydrogens is 313 g/mol. The summed E-state index contributed by atoms with van der Waals surface area (Å²) in [7, 11) is 0. The predicted molar refractivity (Wildman–Crippen MR) is 98.9 cm³/mol. The lowest BCUT2D eigenvalue weighted by Gasteiger charge is -2.44. The van der Waals surface area contributed by atoms with E-state index in [9.17, 15) is 4.39 Å². The highest BCUT2D eigenvalue weighted by atomic mass is 19.1. The lowest BCUT2D eigenvalue weighted by atomic mass is 9.87. The minimum absolute atomic E-state index is 0.172. The molecule has 1 aliphatic carbocycles. The van der Waals surface area contributed by atoms with Gasteiger partial charge in [-0.2, -0.15) is 0 Å². The number of anilines is 2. The summed E-state index contributed by atoms with van der Waals surface area (Å²) in [6.45, 7) is 0. The van der Waals surface area contributed by atoms with Crippen LogP contribution in [-0.4, -0.2) is 12.1 Å². The van der Waals surface area contributed by atoms with Crippen LogP contribution in [0, 0.1) is 5.82 Å². The van der Waals surface area contributed by atoms with Gasteiger partial charge in [0.05, 0.1) is 0 Å². The summed E-state index contributed by atoms with van der Waals surface area (Å²) in [6, 6.07) is 27.5. The first kappa shape index (κ1) is 15.7. The molecule has 2 nitrogen and oxygen atoms in total. The van der Waals surface area contributed by atoms with Gasteiger partial charge in [-0.3, -0.25) is 0 Å². The minimum Gasteiger partial charge on any atom is -0.490 e. The van der Waals surface area contributed by atoms with Crippen molar-refractivity contribution >= 4 is 11.4 Å². The molecule has 4 rings (SSSR count). The van der Waals surface area contributed by atoms with E-state index in [-0.39, 0.29) is 11.9 Å². The van der Waals surface area contributed by atoms with E-state index in [0.717, 1.165) is 18.6 Å². The molecule has 3 heteroatoms. The molecule has 3 aromatic carbocycles. The second kappa shape index (κ2) is 6.98. The minimum atomic E-state index is -0.238. The molecule has 25 heavy (non-hydrogen) atoms. The van der Waals surface area contributed by atoms with Crippen LogP contribution in [-0.2, 0) is 0 Å². The fraction of sp³-hybridized carbons (Fsp3) is 0.182. The number of hydrogen-bond donors (Lipinski definition) is 0. The second-order valence-electron chi connectivity index (χ2n) is 6.36. The van der Waals surface area contributed by atoms with Crippen LogP contribution in [0.4, 0.5) is 15.8 Å². The molecule has 0 heterocycles. The first-order valence-electron chi connectivity index (χ1n) is 8.61. The molecule has 0 saturated heterocycles. The van der Waals surface area contributed by atoms with Crippen LogP contribution in [0.2, 0.25) is 0 Å². The molecule has 0 N–H and O–H groups in total. The van der Waals surface area contributed by atoms with E-state index in [1.54, 1.807) is 12.1 Å². The average Bonchev–Trinajstić information content (AvgIpc) is 2.63. The van der Waals surface area contributed by atoms with Gasteiger partial charge in [0.1, 0.15) is 17.7 Å². The third kappa shape index (κ3) is 3.50. The van der Waals surface area contributed by atoms with Gasteiger partial charge in [0.25, 0.3) is 0 Å². The molecular formula is C22H20FNO. The van der Waals surface area contributed by atoms with Crippen LogP contribution in [0.1, 0.15) is 12.8 Å². The summed E-state index contributed by atoms with van der Waals surface area (Å²) in [4.78, 5) is 2.38. The van der Waals surface area contributed by atoms with Crippen LogP contribution in [0.25, 0.3) is 0 Å². The number of hydrogen-bond acceptors (Lipinski definition) is 2. The zero-order valence-corrected chi connectivity index (χ0v) is 13.9. The molecule has 0 atom stereocenters. The quantitative estimate of drug-likeness (QED) is 0.605. The van der Waals surface area contributed by atoms with Crippen molar-refractivity contribution in [1.29, 1.82) is 0 Å². The van der Waals surface area contributed by atoms with Crippen LogP contribution in [0.3, 0.4) is 0 Å². The molecule has 3 aromatic rings. The van der Waals surface area contributed by atoms with E-state index in [0.29, 0.717) is 6.04 Å². The zero-order chi connectivity index (χ0) is 17.1. The molecule has 0 aliphatic heterocycles. The van der Waals surface area contributed by atoms with Gasteiger partial charge >= 0.3 is 0 Å². The molecule has 0 aromatic heterocycles. The fourth-order valence-electron chi connectivity index (χ4n) is 3.30. The SMILES string of the molecule is Fc1ccc(OC2CC(N(c3ccccc3)c3ccccc3)C2)cc1. The number of benzene rings is 3. The van der Waals surface area contributed by atoms with E-state index in [4.69, 9.17) is 4.74 Å². The number of para-hydroxylation sites is 2. The van der Waals surface area contributed by atoms with Crippen molar-refractivity contribution in [3.05, 3.63) is 90.7 Å². The second-order valence-corrected chi connectivity index (χ2v) is 6.36. The Morgan fingerprint density at radius 1 is 0.720 bits per heavy atom. The third-order valence-corrected chi connectivity index (χ3v) is 4.62. The highest BCUT2D eigenvalue weighted by molar-refractivity contribution is 5.64. The lowest BCUT2D eigenvalue weighted by Crippen LogP contribution is -2.47. The highest BCUT2D eigenvalue weighted by Gasteiger charge is 2.36. The normalized spacial score (nSPS) is 19.1.